The largest absolute Gasteiger partial charge is 0.478 e. The Bertz CT molecular complexity index is 1050. The predicted molar refractivity (Wildman–Crippen MR) is 98.6 cm³/mol. The normalized spacial score (nSPS) is 16.8. The third-order valence-corrected chi connectivity index (χ3v) is 5.01. The van der Waals surface area contributed by atoms with Gasteiger partial charge < -0.3 is 14.2 Å². The van der Waals surface area contributed by atoms with Crippen molar-refractivity contribution < 1.29 is 9.53 Å². The highest BCUT2D eigenvalue weighted by Gasteiger charge is 2.33. The molecule has 1 fully saturated rings. The molecule has 140 valence electrons. The van der Waals surface area contributed by atoms with Gasteiger partial charge in [0.2, 0.25) is 5.43 Å². The number of hydrogen-bond donors (Lipinski definition) is 0. The molecule has 0 radical (unpaired) electrons. The maximum atomic E-state index is 12.8. The standard InChI is InChI=1S/C19H21N5O3/c1-13-10-15(25)16(11-22(13)2)27-12-18(26)23-9-5-6-14(23)19-21-20-17-7-3-4-8-24(17)19/h3-4,7-8,10-11,14H,5-6,9,12H2,1-2H3/t14-/m1/s1. The molecular weight excluding hydrogens is 346 g/mol. The quantitative estimate of drug-likeness (QED) is 0.698. The first-order valence-electron chi connectivity index (χ1n) is 8.94. The van der Waals surface area contributed by atoms with Crippen LogP contribution in [0.1, 0.15) is 30.4 Å². The van der Waals surface area contributed by atoms with Gasteiger partial charge in [0.1, 0.15) is 0 Å². The highest BCUT2D eigenvalue weighted by Crippen LogP contribution is 2.31. The number of likely N-dealkylation sites (tertiary alicyclic amines) is 1. The summed E-state index contributed by atoms with van der Waals surface area (Å²) >= 11 is 0. The van der Waals surface area contributed by atoms with Crippen molar-refractivity contribution in [1.29, 1.82) is 0 Å². The van der Waals surface area contributed by atoms with E-state index < -0.39 is 0 Å². The molecule has 0 unspecified atom stereocenters. The fourth-order valence-corrected chi connectivity index (χ4v) is 3.46. The van der Waals surface area contributed by atoms with Crippen molar-refractivity contribution >= 4 is 11.6 Å². The van der Waals surface area contributed by atoms with E-state index in [9.17, 15) is 9.59 Å². The average molecular weight is 367 g/mol. The summed E-state index contributed by atoms with van der Waals surface area (Å²) in [5, 5.41) is 8.47. The number of rotatable bonds is 4. The lowest BCUT2D eigenvalue weighted by Gasteiger charge is -2.23. The molecule has 0 N–H and O–H groups in total. The third kappa shape index (κ3) is 3.18. The first kappa shape index (κ1) is 17.3. The Morgan fingerprint density at radius 3 is 3.04 bits per heavy atom. The molecule has 1 saturated heterocycles. The summed E-state index contributed by atoms with van der Waals surface area (Å²) in [6, 6.07) is 7.06. The number of aryl methyl sites for hydroxylation is 2. The van der Waals surface area contributed by atoms with Crippen LogP contribution in [0.5, 0.6) is 5.75 Å². The molecule has 3 aromatic heterocycles. The zero-order valence-corrected chi connectivity index (χ0v) is 15.3. The minimum atomic E-state index is -0.222. The molecule has 0 aliphatic carbocycles. The van der Waals surface area contributed by atoms with E-state index in [0.29, 0.717) is 6.54 Å². The molecule has 1 aliphatic heterocycles. The topological polar surface area (TPSA) is 81.7 Å². The molecule has 0 spiro atoms. The Morgan fingerprint density at radius 1 is 1.33 bits per heavy atom. The van der Waals surface area contributed by atoms with Crippen LogP contribution in [0.4, 0.5) is 0 Å². The predicted octanol–water partition coefficient (Wildman–Crippen LogP) is 1.48. The minimum absolute atomic E-state index is 0.139. The molecule has 27 heavy (non-hydrogen) atoms. The van der Waals surface area contributed by atoms with E-state index in [2.05, 4.69) is 10.2 Å². The zero-order chi connectivity index (χ0) is 19.0. The van der Waals surface area contributed by atoms with E-state index in [-0.39, 0.29) is 29.7 Å². The van der Waals surface area contributed by atoms with E-state index in [1.165, 1.54) is 6.07 Å². The van der Waals surface area contributed by atoms with Crippen LogP contribution in [0.15, 0.2) is 41.5 Å². The van der Waals surface area contributed by atoms with Crippen molar-refractivity contribution in [3.63, 3.8) is 0 Å². The molecule has 4 heterocycles. The van der Waals surface area contributed by atoms with Gasteiger partial charge >= 0.3 is 0 Å². The monoisotopic (exact) mass is 367 g/mol. The van der Waals surface area contributed by atoms with Gasteiger partial charge in [-0.2, -0.15) is 0 Å². The Balaban J connectivity index is 1.51. The second kappa shape index (κ2) is 6.86. The Labute approximate surface area is 156 Å². The fraction of sp³-hybridized carbons (Fsp3) is 0.368. The van der Waals surface area contributed by atoms with Gasteiger partial charge in [-0.25, -0.2) is 0 Å². The number of fused-ring (bicyclic) bond motifs is 1. The molecule has 1 atom stereocenters. The lowest BCUT2D eigenvalue weighted by atomic mass is 10.2. The van der Waals surface area contributed by atoms with Crippen LogP contribution in [0, 0.1) is 6.92 Å². The van der Waals surface area contributed by atoms with Crippen molar-refractivity contribution in [2.75, 3.05) is 13.2 Å². The van der Waals surface area contributed by atoms with Gasteiger partial charge in [-0.3, -0.25) is 14.0 Å². The average Bonchev–Trinajstić information content (AvgIpc) is 3.29. The van der Waals surface area contributed by atoms with Gasteiger partial charge in [-0.1, -0.05) is 6.07 Å². The SMILES string of the molecule is Cc1cc(=O)c(OCC(=O)N2CCC[C@@H]2c2nnc3ccccn23)cn1C. The van der Waals surface area contributed by atoms with Crippen LogP contribution in [0.25, 0.3) is 5.65 Å². The molecular formula is C19H21N5O3. The van der Waals surface area contributed by atoms with Crippen molar-refractivity contribution in [2.45, 2.75) is 25.8 Å². The van der Waals surface area contributed by atoms with Crippen LogP contribution in [0.2, 0.25) is 0 Å². The van der Waals surface area contributed by atoms with Crippen molar-refractivity contribution in [3.05, 3.63) is 58.4 Å². The van der Waals surface area contributed by atoms with Crippen LogP contribution in [0.3, 0.4) is 0 Å². The molecule has 0 bridgehead atoms. The summed E-state index contributed by atoms with van der Waals surface area (Å²) in [4.78, 5) is 26.6. The number of hydrogen-bond acceptors (Lipinski definition) is 5. The van der Waals surface area contributed by atoms with E-state index in [1.54, 1.807) is 15.7 Å². The van der Waals surface area contributed by atoms with Crippen molar-refractivity contribution in [3.8, 4) is 5.75 Å². The molecule has 8 heteroatoms. The lowest BCUT2D eigenvalue weighted by Crippen LogP contribution is -2.35. The maximum absolute atomic E-state index is 12.8. The highest BCUT2D eigenvalue weighted by molar-refractivity contribution is 5.78. The summed E-state index contributed by atoms with van der Waals surface area (Å²) in [5.41, 5.74) is 1.36. The molecule has 4 rings (SSSR count). The highest BCUT2D eigenvalue weighted by atomic mass is 16.5. The second-order valence-corrected chi connectivity index (χ2v) is 6.78. The lowest BCUT2D eigenvalue weighted by molar-refractivity contribution is -0.134. The molecule has 0 aromatic carbocycles. The van der Waals surface area contributed by atoms with Crippen LogP contribution < -0.4 is 10.2 Å². The van der Waals surface area contributed by atoms with E-state index in [0.717, 1.165) is 30.0 Å². The molecule has 3 aromatic rings. The number of carbonyl (C=O) groups is 1. The summed E-state index contributed by atoms with van der Waals surface area (Å²) in [5.74, 6) is 0.774. The number of pyridine rings is 2. The Hall–Kier alpha value is -3.16. The Morgan fingerprint density at radius 2 is 2.19 bits per heavy atom. The molecule has 1 aliphatic rings. The summed E-state index contributed by atoms with van der Waals surface area (Å²) in [7, 11) is 1.83. The van der Waals surface area contributed by atoms with Gasteiger partial charge in [-0.05, 0) is 31.9 Å². The van der Waals surface area contributed by atoms with Crippen molar-refractivity contribution in [2.24, 2.45) is 7.05 Å². The number of carbonyl (C=O) groups excluding carboxylic acids is 1. The van der Waals surface area contributed by atoms with Crippen LogP contribution >= 0.6 is 0 Å². The van der Waals surface area contributed by atoms with Crippen LogP contribution in [-0.2, 0) is 11.8 Å². The smallest absolute Gasteiger partial charge is 0.261 e. The van der Waals surface area contributed by atoms with Gasteiger partial charge in [0.15, 0.2) is 23.8 Å². The van der Waals surface area contributed by atoms with E-state index in [1.807, 2.05) is 42.8 Å². The fourth-order valence-electron chi connectivity index (χ4n) is 3.46. The first-order chi connectivity index (χ1) is 13.0. The van der Waals surface area contributed by atoms with Crippen LogP contribution in [-0.4, -0.2) is 43.1 Å². The summed E-state index contributed by atoms with van der Waals surface area (Å²) in [6.07, 6.45) is 5.23. The number of nitrogens with zero attached hydrogens (tertiary/aromatic N) is 5. The van der Waals surface area contributed by atoms with Gasteiger partial charge in [0.25, 0.3) is 5.91 Å². The number of ether oxygens (including phenoxy) is 1. The van der Waals surface area contributed by atoms with Gasteiger partial charge in [0, 0.05) is 37.7 Å². The Kier molecular flexibility index (Phi) is 4.39. The second-order valence-electron chi connectivity index (χ2n) is 6.78. The minimum Gasteiger partial charge on any atom is -0.478 e. The summed E-state index contributed by atoms with van der Waals surface area (Å²) < 4.78 is 9.24. The molecule has 0 saturated carbocycles. The molecule has 8 nitrogen and oxygen atoms in total. The van der Waals surface area contributed by atoms with E-state index in [4.69, 9.17) is 4.74 Å². The number of aromatic nitrogens is 4. The van der Waals surface area contributed by atoms with Gasteiger partial charge in [0.05, 0.1) is 6.04 Å². The third-order valence-electron chi connectivity index (χ3n) is 5.01. The maximum Gasteiger partial charge on any atom is 0.261 e. The summed E-state index contributed by atoms with van der Waals surface area (Å²) in [6.45, 7) is 2.31. The van der Waals surface area contributed by atoms with Gasteiger partial charge in [-0.15, -0.1) is 10.2 Å². The number of amides is 1. The zero-order valence-electron chi connectivity index (χ0n) is 15.3. The van der Waals surface area contributed by atoms with E-state index >= 15 is 0 Å². The van der Waals surface area contributed by atoms with Crippen molar-refractivity contribution in [1.82, 2.24) is 24.1 Å². The molecule has 1 amide bonds. The first-order valence-corrected chi connectivity index (χ1v) is 8.94.